The summed E-state index contributed by atoms with van der Waals surface area (Å²) in [6.45, 7) is 6.07. The third-order valence-electron chi connectivity index (χ3n) is 5.68. The van der Waals surface area contributed by atoms with Crippen LogP contribution in [0.15, 0.2) is 0 Å². The van der Waals surface area contributed by atoms with Crippen LogP contribution in [-0.4, -0.2) is 59.4 Å². The molecule has 3 unspecified atom stereocenters. The number of amides is 2. The standard InChI is InChI=1S/C16H27N3O2/c1-11-10-18(3)9-6-13(11)19-12(2)14(20)17-16(15(19)21)7-4-5-8-16/h11-13H,4-10H2,1-3H3,(H,17,20). The number of piperidine rings is 1. The molecule has 2 aliphatic heterocycles. The van der Waals surface area contributed by atoms with Crippen molar-refractivity contribution in [3.05, 3.63) is 0 Å². The monoisotopic (exact) mass is 293 g/mol. The van der Waals surface area contributed by atoms with E-state index in [0.29, 0.717) is 5.92 Å². The molecule has 0 radical (unpaired) electrons. The second-order valence-electron chi connectivity index (χ2n) is 7.26. The molecule has 0 bridgehead atoms. The van der Waals surface area contributed by atoms with Crippen molar-refractivity contribution in [2.24, 2.45) is 5.92 Å². The molecule has 5 heteroatoms. The van der Waals surface area contributed by atoms with Gasteiger partial charge in [-0.3, -0.25) is 9.59 Å². The SMILES string of the molecule is CC1CN(C)CCC1N1C(=O)C2(CCCC2)NC(=O)C1C. The van der Waals surface area contributed by atoms with Gasteiger partial charge >= 0.3 is 0 Å². The van der Waals surface area contributed by atoms with Crippen LogP contribution < -0.4 is 5.32 Å². The van der Waals surface area contributed by atoms with Gasteiger partial charge in [0.25, 0.3) is 0 Å². The summed E-state index contributed by atoms with van der Waals surface area (Å²) in [6.07, 6.45) is 4.66. The fourth-order valence-corrected chi connectivity index (χ4v) is 4.45. The first kappa shape index (κ1) is 14.8. The average molecular weight is 293 g/mol. The van der Waals surface area contributed by atoms with E-state index < -0.39 is 5.54 Å². The maximum atomic E-state index is 13.1. The molecular weight excluding hydrogens is 266 g/mol. The van der Waals surface area contributed by atoms with E-state index >= 15 is 0 Å². The van der Waals surface area contributed by atoms with E-state index in [2.05, 4.69) is 24.2 Å². The Kier molecular flexibility index (Phi) is 3.72. The zero-order chi connectivity index (χ0) is 15.2. The molecule has 21 heavy (non-hydrogen) atoms. The summed E-state index contributed by atoms with van der Waals surface area (Å²) in [5.41, 5.74) is -0.591. The number of hydrogen-bond donors (Lipinski definition) is 1. The van der Waals surface area contributed by atoms with Gasteiger partial charge < -0.3 is 15.1 Å². The van der Waals surface area contributed by atoms with Gasteiger partial charge in [-0.25, -0.2) is 0 Å². The normalized spacial score (nSPS) is 37.1. The lowest BCUT2D eigenvalue weighted by Crippen LogP contribution is -2.72. The Morgan fingerprint density at radius 2 is 1.86 bits per heavy atom. The molecule has 1 N–H and O–H groups in total. The molecule has 0 aromatic carbocycles. The molecule has 2 heterocycles. The predicted molar refractivity (Wildman–Crippen MR) is 80.7 cm³/mol. The molecule has 3 aliphatic rings. The summed E-state index contributed by atoms with van der Waals surface area (Å²) < 4.78 is 0. The van der Waals surface area contributed by atoms with Crippen LogP contribution in [0.4, 0.5) is 0 Å². The molecule has 1 aliphatic carbocycles. The highest BCUT2D eigenvalue weighted by atomic mass is 16.2. The Labute approximate surface area is 127 Å². The molecule has 3 fully saturated rings. The summed E-state index contributed by atoms with van der Waals surface area (Å²) >= 11 is 0. The number of hydrogen-bond acceptors (Lipinski definition) is 3. The van der Waals surface area contributed by atoms with E-state index in [0.717, 1.165) is 45.2 Å². The van der Waals surface area contributed by atoms with E-state index in [1.54, 1.807) is 0 Å². The topological polar surface area (TPSA) is 52.6 Å². The summed E-state index contributed by atoms with van der Waals surface area (Å²) in [5, 5.41) is 3.04. The van der Waals surface area contributed by atoms with Gasteiger partial charge in [0.15, 0.2) is 0 Å². The van der Waals surface area contributed by atoms with Gasteiger partial charge in [-0.2, -0.15) is 0 Å². The van der Waals surface area contributed by atoms with Crippen molar-refractivity contribution < 1.29 is 9.59 Å². The smallest absolute Gasteiger partial charge is 0.249 e. The third-order valence-corrected chi connectivity index (χ3v) is 5.68. The predicted octanol–water partition coefficient (Wildman–Crippen LogP) is 0.986. The van der Waals surface area contributed by atoms with Gasteiger partial charge in [-0.15, -0.1) is 0 Å². The Morgan fingerprint density at radius 3 is 2.48 bits per heavy atom. The van der Waals surface area contributed by atoms with Crippen molar-refractivity contribution >= 4 is 11.8 Å². The molecule has 2 saturated heterocycles. The summed E-state index contributed by atoms with van der Waals surface area (Å²) in [7, 11) is 2.12. The molecule has 2 amide bonds. The van der Waals surface area contributed by atoms with Crippen LogP contribution in [-0.2, 0) is 9.59 Å². The van der Waals surface area contributed by atoms with Gasteiger partial charge in [0.05, 0.1) is 0 Å². The number of nitrogens with one attached hydrogen (secondary N) is 1. The number of carbonyl (C=O) groups excluding carboxylic acids is 2. The molecular formula is C16H27N3O2. The van der Waals surface area contributed by atoms with Gasteiger partial charge in [0.2, 0.25) is 11.8 Å². The summed E-state index contributed by atoms with van der Waals surface area (Å²) in [4.78, 5) is 29.8. The Bertz CT molecular complexity index is 445. The van der Waals surface area contributed by atoms with Crippen molar-refractivity contribution in [1.82, 2.24) is 15.1 Å². The van der Waals surface area contributed by atoms with Crippen molar-refractivity contribution in [1.29, 1.82) is 0 Å². The fourth-order valence-electron chi connectivity index (χ4n) is 4.45. The molecule has 118 valence electrons. The maximum Gasteiger partial charge on any atom is 0.249 e. The number of piperazine rings is 1. The Hall–Kier alpha value is -1.10. The van der Waals surface area contributed by atoms with E-state index in [1.807, 2.05) is 11.8 Å². The molecule has 5 nitrogen and oxygen atoms in total. The van der Waals surface area contributed by atoms with Gasteiger partial charge in [-0.1, -0.05) is 19.8 Å². The minimum absolute atomic E-state index is 0.0302. The quantitative estimate of drug-likeness (QED) is 0.784. The maximum absolute atomic E-state index is 13.1. The second kappa shape index (κ2) is 5.27. The molecule has 3 atom stereocenters. The van der Waals surface area contributed by atoms with Gasteiger partial charge in [0, 0.05) is 12.6 Å². The molecule has 1 spiro atoms. The highest BCUT2D eigenvalue weighted by Crippen LogP contribution is 2.37. The second-order valence-corrected chi connectivity index (χ2v) is 7.26. The highest BCUT2D eigenvalue weighted by molar-refractivity contribution is 6.00. The summed E-state index contributed by atoms with van der Waals surface area (Å²) in [5.74, 6) is 0.621. The number of nitrogens with zero attached hydrogens (tertiary/aromatic N) is 2. The van der Waals surface area contributed by atoms with E-state index in [1.165, 1.54) is 0 Å². The first-order valence-corrected chi connectivity index (χ1v) is 8.28. The zero-order valence-electron chi connectivity index (χ0n) is 13.4. The molecule has 0 aromatic heterocycles. The van der Waals surface area contributed by atoms with E-state index in [9.17, 15) is 9.59 Å². The van der Waals surface area contributed by atoms with Crippen LogP contribution in [0.1, 0.15) is 46.0 Å². The number of likely N-dealkylation sites (tertiary alicyclic amines) is 1. The zero-order valence-corrected chi connectivity index (χ0v) is 13.4. The third kappa shape index (κ3) is 2.35. The van der Waals surface area contributed by atoms with Crippen LogP contribution >= 0.6 is 0 Å². The minimum atomic E-state index is -0.591. The van der Waals surface area contributed by atoms with Gasteiger partial charge in [-0.05, 0) is 45.7 Å². The Balaban J connectivity index is 1.87. The van der Waals surface area contributed by atoms with Crippen molar-refractivity contribution in [3.8, 4) is 0 Å². The number of carbonyl (C=O) groups is 2. The molecule has 1 saturated carbocycles. The van der Waals surface area contributed by atoms with Crippen LogP contribution in [0.2, 0.25) is 0 Å². The molecule has 3 rings (SSSR count). The summed E-state index contributed by atoms with van der Waals surface area (Å²) in [6, 6.07) is -0.133. The van der Waals surface area contributed by atoms with Gasteiger partial charge in [0.1, 0.15) is 11.6 Å². The van der Waals surface area contributed by atoms with E-state index in [4.69, 9.17) is 0 Å². The lowest BCUT2D eigenvalue weighted by atomic mass is 9.85. The average Bonchev–Trinajstić information content (AvgIpc) is 2.89. The lowest BCUT2D eigenvalue weighted by molar-refractivity contribution is -0.159. The van der Waals surface area contributed by atoms with Crippen LogP contribution in [0.5, 0.6) is 0 Å². The minimum Gasteiger partial charge on any atom is -0.340 e. The van der Waals surface area contributed by atoms with Crippen molar-refractivity contribution in [3.63, 3.8) is 0 Å². The first-order valence-electron chi connectivity index (χ1n) is 8.28. The Morgan fingerprint density at radius 1 is 1.19 bits per heavy atom. The first-order chi connectivity index (χ1) is 9.94. The number of rotatable bonds is 1. The van der Waals surface area contributed by atoms with Crippen molar-refractivity contribution in [2.75, 3.05) is 20.1 Å². The lowest BCUT2D eigenvalue weighted by Gasteiger charge is -2.50. The van der Waals surface area contributed by atoms with Crippen LogP contribution in [0.3, 0.4) is 0 Å². The molecule has 0 aromatic rings. The largest absolute Gasteiger partial charge is 0.340 e. The van der Waals surface area contributed by atoms with E-state index in [-0.39, 0.29) is 23.9 Å². The van der Waals surface area contributed by atoms with Crippen LogP contribution in [0, 0.1) is 5.92 Å². The fraction of sp³-hybridized carbons (Fsp3) is 0.875. The highest BCUT2D eigenvalue weighted by Gasteiger charge is 2.53. The van der Waals surface area contributed by atoms with Crippen molar-refractivity contribution in [2.45, 2.75) is 63.6 Å². The van der Waals surface area contributed by atoms with Crippen LogP contribution in [0.25, 0.3) is 0 Å².